The Morgan fingerprint density at radius 3 is 2.26 bits per heavy atom. The summed E-state index contributed by atoms with van der Waals surface area (Å²) in [5.74, 6) is 1.43. The number of benzene rings is 3. The number of anilines is 1. The molecule has 0 bridgehead atoms. The molecule has 1 unspecified atom stereocenters. The fourth-order valence-electron chi connectivity index (χ4n) is 4.81. The highest BCUT2D eigenvalue weighted by molar-refractivity contribution is 6.00. The van der Waals surface area contributed by atoms with Gasteiger partial charge in [0.25, 0.3) is 5.91 Å². The first-order valence-corrected chi connectivity index (χ1v) is 13.4. The normalized spacial score (nSPS) is 11.7. The summed E-state index contributed by atoms with van der Waals surface area (Å²) >= 11 is 0. The molecular weight excluding hydrogens is 472 g/mol. The number of unbranched alkanes of at least 4 members (excludes halogenated alkanes) is 1. The molecule has 6 nitrogen and oxygen atoms in total. The number of aromatic nitrogens is 2. The van der Waals surface area contributed by atoms with Gasteiger partial charge in [-0.15, -0.1) is 0 Å². The highest BCUT2D eigenvalue weighted by Gasteiger charge is 2.27. The Bertz CT molecular complexity index is 1340. The van der Waals surface area contributed by atoms with Crippen molar-refractivity contribution in [2.24, 2.45) is 0 Å². The van der Waals surface area contributed by atoms with Crippen molar-refractivity contribution in [3.8, 4) is 28.4 Å². The summed E-state index contributed by atoms with van der Waals surface area (Å²) in [4.78, 5) is 21.3. The molecular formula is C32H38N4O2. The number of nitrogens with zero attached hydrogens (tertiary/aromatic N) is 3. The molecule has 1 aromatic heterocycles. The Balaban J connectivity index is 1.82. The van der Waals surface area contributed by atoms with Crippen LogP contribution in [-0.4, -0.2) is 36.7 Å². The quantitative estimate of drug-likeness (QED) is 0.237. The number of hydrogen-bond acceptors (Lipinski definition) is 4. The molecule has 1 amide bonds. The molecule has 0 aliphatic carbocycles. The van der Waals surface area contributed by atoms with Crippen LogP contribution >= 0.6 is 0 Å². The van der Waals surface area contributed by atoms with Crippen molar-refractivity contribution in [3.63, 3.8) is 0 Å². The van der Waals surface area contributed by atoms with Crippen molar-refractivity contribution < 1.29 is 9.53 Å². The molecule has 0 saturated heterocycles. The first kappa shape index (κ1) is 27.0. The van der Waals surface area contributed by atoms with Crippen LogP contribution in [0.5, 0.6) is 5.75 Å². The first-order valence-electron chi connectivity index (χ1n) is 13.4. The predicted octanol–water partition coefficient (Wildman–Crippen LogP) is 6.97. The summed E-state index contributed by atoms with van der Waals surface area (Å²) in [5, 5.41) is 3.35. The van der Waals surface area contributed by atoms with Gasteiger partial charge in [-0.2, -0.15) is 0 Å². The van der Waals surface area contributed by atoms with Crippen molar-refractivity contribution in [1.82, 2.24) is 14.9 Å². The number of imidazole rings is 1. The van der Waals surface area contributed by atoms with Crippen LogP contribution in [0.2, 0.25) is 0 Å². The van der Waals surface area contributed by atoms with E-state index < -0.39 is 0 Å². The van der Waals surface area contributed by atoms with Gasteiger partial charge in [0.1, 0.15) is 23.0 Å². The summed E-state index contributed by atoms with van der Waals surface area (Å²) in [6, 6.07) is 26.0. The minimum atomic E-state index is -0.178. The van der Waals surface area contributed by atoms with Gasteiger partial charge >= 0.3 is 0 Å². The van der Waals surface area contributed by atoms with Crippen LogP contribution in [0, 0.1) is 0 Å². The van der Waals surface area contributed by atoms with E-state index in [1.165, 1.54) is 0 Å². The zero-order valence-corrected chi connectivity index (χ0v) is 23.1. The molecule has 0 aliphatic rings. The average molecular weight is 511 g/mol. The fraction of sp³-hybridized carbons (Fsp3) is 0.312. The molecule has 3 aromatic carbocycles. The van der Waals surface area contributed by atoms with Gasteiger partial charge in [-0.25, -0.2) is 4.98 Å². The number of nitrogens with one attached hydrogen (secondary N) is 1. The molecule has 0 fully saturated rings. The average Bonchev–Trinajstić information content (AvgIpc) is 3.35. The van der Waals surface area contributed by atoms with E-state index in [0.717, 1.165) is 53.2 Å². The van der Waals surface area contributed by atoms with Crippen LogP contribution in [0.1, 0.15) is 55.2 Å². The maximum Gasteiger partial charge on any atom is 0.270 e. The summed E-state index contributed by atoms with van der Waals surface area (Å²) < 4.78 is 7.68. The second kappa shape index (κ2) is 12.5. The number of carbonyl (C=O) groups is 1. The van der Waals surface area contributed by atoms with Gasteiger partial charge in [-0.05, 0) is 31.5 Å². The van der Waals surface area contributed by atoms with Gasteiger partial charge in [-0.1, -0.05) is 80.4 Å². The topological polar surface area (TPSA) is 59.4 Å². The molecule has 4 rings (SSSR count). The third-order valence-electron chi connectivity index (χ3n) is 6.85. The molecule has 0 aliphatic heterocycles. The van der Waals surface area contributed by atoms with E-state index in [1.807, 2.05) is 85.4 Å². The monoisotopic (exact) mass is 510 g/mol. The SMILES string of the molecule is CCCCC(NC(=O)c1c(-c2ccc(N(C)C)cc2)nc(-c2ccccc2)n1CC)c1ccccc1OC. The summed E-state index contributed by atoms with van der Waals surface area (Å²) in [6.07, 6.45) is 2.85. The van der Waals surface area contributed by atoms with Crippen molar-refractivity contribution in [2.75, 3.05) is 26.1 Å². The lowest BCUT2D eigenvalue weighted by molar-refractivity contribution is 0.0925. The lowest BCUT2D eigenvalue weighted by Crippen LogP contribution is -2.31. The van der Waals surface area contributed by atoms with E-state index in [4.69, 9.17) is 9.72 Å². The molecule has 0 radical (unpaired) electrons. The van der Waals surface area contributed by atoms with Crippen LogP contribution in [-0.2, 0) is 6.54 Å². The molecule has 4 aromatic rings. The Kier molecular flexibility index (Phi) is 8.85. The number of hydrogen-bond donors (Lipinski definition) is 1. The van der Waals surface area contributed by atoms with Gasteiger partial charge in [0.2, 0.25) is 0 Å². The number of methoxy groups -OCH3 is 1. The van der Waals surface area contributed by atoms with Gasteiger partial charge in [0.05, 0.1) is 13.2 Å². The Hall–Kier alpha value is -4.06. The Morgan fingerprint density at radius 2 is 1.63 bits per heavy atom. The molecule has 198 valence electrons. The van der Waals surface area contributed by atoms with Crippen LogP contribution in [0.4, 0.5) is 5.69 Å². The van der Waals surface area contributed by atoms with Crippen molar-refractivity contribution in [2.45, 2.75) is 45.7 Å². The zero-order valence-electron chi connectivity index (χ0n) is 23.1. The van der Waals surface area contributed by atoms with Crippen LogP contribution in [0.25, 0.3) is 22.6 Å². The summed E-state index contributed by atoms with van der Waals surface area (Å²) in [7, 11) is 5.70. The van der Waals surface area contributed by atoms with Gasteiger partial charge in [-0.3, -0.25) is 4.79 Å². The second-order valence-electron chi connectivity index (χ2n) is 9.59. The van der Waals surface area contributed by atoms with Crippen LogP contribution < -0.4 is 15.0 Å². The molecule has 38 heavy (non-hydrogen) atoms. The summed E-state index contributed by atoms with van der Waals surface area (Å²) in [6.45, 7) is 4.83. The standard InChI is InChI=1S/C32H38N4O2/c1-6-8-17-27(26-16-12-13-18-28(26)38-5)33-32(37)30-29(23-19-21-25(22-20-23)35(3)4)34-31(36(30)7-2)24-14-10-9-11-15-24/h9-16,18-22,27H,6-8,17H2,1-5H3,(H,33,37). The van der Waals surface area contributed by atoms with Gasteiger partial charge in [0.15, 0.2) is 0 Å². The number of para-hydroxylation sites is 1. The van der Waals surface area contributed by atoms with E-state index in [0.29, 0.717) is 17.9 Å². The van der Waals surface area contributed by atoms with Crippen LogP contribution in [0.15, 0.2) is 78.9 Å². The third kappa shape index (κ3) is 5.75. The fourth-order valence-corrected chi connectivity index (χ4v) is 4.81. The van der Waals surface area contributed by atoms with E-state index in [2.05, 4.69) is 36.2 Å². The highest BCUT2D eigenvalue weighted by atomic mass is 16.5. The zero-order chi connectivity index (χ0) is 27.1. The maximum absolute atomic E-state index is 14.2. The lowest BCUT2D eigenvalue weighted by atomic mass is 9.99. The summed E-state index contributed by atoms with van der Waals surface area (Å²) in [5.41, 5.74) is 5.22. The van der Waals surface area contributed by atoms with E-state index in [9.17, 15) is 4.79 Å². The number of amides is 1. The molecule has 6 heteroatoms. The Morgan fingerprint density at radius 1 is 0.947 bits per heavy atom. The first-order chi connectivity index (χ1) is 18.5. The Labute approximate surface area is 226 Å². The number of carbonyl (C=O) groups excluding carboxylic acids is 1. The lowest BCUT2D eigenvalue weighted by Gasteiger charge is -2.22. The van der Waals surface area contributed by atoms with Crippen LogP contribution in [0.3, 0.4) is 0 Å². The third-order valence-corrected chi connectivity index (χ3v) is 6.85. The predicted molar refractivity (Wildman–Crippen MR) is 156 cm³/mol. The van der Waals surface area contributed by atoms with Crippen molar-refractivity contribution in [3.05, 3.63) is 90.1 Å². The second-order valence-corrected chi connectivity index (χ2v) is 9.59. The minimum absolute atomic E-state index is 0.139. The van der Waals surface area contributed by atoms with E-state index in [1.54, 1.807) is 7.11 Å². The maximum atomic E-state index is 14.2. The van der Waals surface area contributed by atoms with Gasteiger partial charge in [0, 0.05) is 43.0 Å². The molecule has 1 heterocycles. The van der Waals surface area contributed by atoms with E-state index >= 15 is 0 Å². The van der Waals surface area contributed by atoms with Gasteiger partial charge < -0.3 is 19.5 Å². The molecule has 0 saturated carbocycles. The minimum Gasteiger partial charge on any atom is -0.496 e. The molecule has 0 spiro atoms. The smallest absolute Gasteiger partial charge is 0.270 e. The van der Waals surface area contributed by atoms with E-state index in [-0.39, 0.29) is 11.9 Å². The molecule has 1 N–H and O–H groups in total. The highest BCUT2D eigenvalue weighted by Crippen LogP contribution is 2.33. The number of rotatable bonds is 11. The largest absolute Gasteiger partial charge is 0.496 e. The molecule has 1 atom stereocenters. The van der Waals surface area contributed by atoms with Crippen molar-refractivity contribution in [1.29, 1.82) is 0 Å². The number of ether oxygens (including phenoxy) is 1. The van der Waals surface area contributed by atoms with Crippen molar-refractivity contribution >= 4 is 11.6 Å².